The zero-order valence-electron chi connectivity index (χ0n) is 10.1. The van der Waals surface area contributed by atoms with E-state index in [4.69, 9.17) is 9.84 Å². The minimum Gasteiger partial charge on any atom is -0.444 e. The summed E-state index contributed by atoms with van der Waals surface area (Å²) in [7, 11) is 0. The van der Waals surface area contributed by atoms with Crippen molar-refractivity contribution in [2.45, 2.75) is 25.2 Å². The van der Waals surface area contributed by atoms with E-state index in [0.717, 1.165) is 5.56 Å². The number of rotatable bonds is 3. The zero-order chi connectivity index (χ0) is 13.0. The van der Waals surface area contributed by atoms with E-state index in [1.165, 1.54) is 4.90 Å². The fourth-order valence-electron chi connectivity index (χ4n) is 2.09. The second-order valence-electron chi connectivity index (χ2n) is 4.44. The quantitative estimate of drug-likeness (QED) is 0.844. The molecule has 1 saturated heterocycles. The molecular formula is C13H17NO4. The molecule has 0 radical (unpaired) electrons. The van der Waals surface area contributed by atoms with Gasteiger partial charge < -0.3 is 14.9 Å². The van der Waals surface area contributed by atoms with Gasteiger partial charge in [-0.05, 0) is 18.4 Å². The summed E-state index contributed by atoms with van der Waals surface area (Å²) in [4.78, 5) is 13.0. The fourth-order valence-corrected chi connectivity index (χ4v) is 2.09. The molecule has 98 valence electrons. The van der Waals surface area contributed by atoms with E-state index in [0.29, 0.717) is 19.4 Å². The van der Waals surface area contributed by atoms with Crippen molar-refractivity contribution in [3.8, 4) is 0 Å². The summed E-state index contributed by atoms with van der Waals surface area (Å²) >= 11 is 0. The maximum atomic E-state index is 11.8. The summed E-state index contributed by atoms with van der Waals surface area (Å²) in [6, 6.07) is 9.33. The molecule has 2 N–H and O–H groups in total. The first-order valence-corrected chi connectivity index (χ1v) is 5.97. The molecule has 1 aromatic carbocycles. The maximum Gasteiger partial charge on any atom is 0.412 e. The Balaban J connectivity index is 1.92. The number of hydrogen-bond donors (Lipinski definition) is 2. The SMILES string of the molecule is O=C(OCc1ccccc1)N1CCC[C@]1(O)CO. The average Bonchev–Trinajstić information content (AvgIpc) is 2.80. The lowest BCUT2D eigenvalue weighted by atomic mass is 10.2. The van der Waals surface area contributed by atoms with Gasteiger partial charge in [0.25, 0.3) is 0 Å². The lowest BCUT2D eigenvalue weighted by Crippen LogP contribution is -2.50. The number of carbonyl (C=O) groups is 1. The van der Waals surface area contributed by atoms with E-state index >= 15 is 0 Å². The highest BCUT2D eigenvalue weighted by Crippen LogP contribution is 2.27. The Labute approximate surface area is 106 Å². The summed E-state index contributed by atoms with van der Waals surface area (Å²) in [5, 5.41) is 19.1. The number of aliphatic hydroxyl groups is 2. The minimum absolute atomic E-state index is 0.164. The summed E-state index contributed by atoms with van der Waals surface area (Å²) in [6.45, 7) is 0.107. The molecule has 1 heterocycles. The van der Waals surface area contributed by atoms with Gasteiger partial charge >= 0.3 is 6.09 Å². The Kier molecular flexibility index (Phi) is 3.84. The summed E-state index contributed by atoms with van der Waals surface area (Å²) in [6.07, 6.45) is 0.453. The van der Waals surface area contributed by atoms with Crippen molar-refractivity contribution < 1.29 is 19.7 Å². The van der Waals surface area contributed by atoms with E-state index < -0.39 is 18.4 Å². The summed E-state index contributed by atoms with van der Waals surface area (Å²) < 4.78 is 5.13. The third kappa shape index (κ3) is 2.63. The van der Waals surface area contributed by atoms with Crippen LogP contribution in [0.4, 0.5) is 4.79 Å². The molecule has 1 amide bonds. The van der Waals surface area contributed by atoms with Crippen LogP contribution in [-0.2, 0) is 11.3 Å². The van der Waals surface area contributed by atoms with Gasteiger partial charge in [-0.15, -0.1) is 0 Å². The van der Waals surface area contributed by atoms with E-state index in [-0.39, 0.29) is 6.61 Å². The highest BCUT2D eigenvalue weighted by molar-refractivity contribution is 5.68. The van der Waals surface area contributed by atoms with Gasteiger partial charge in [-0.3, -0.25) is 4.90 Å². The Morgan fingerprint density at radius 3 is 2.78 bits per heavy atom. The average molecular weight is 251 g/mol. The van der Waals surface area contributed by atoms with Crippen LogP contribution in [0.1, 0.15) is 18.4 Å². The van der Waals surface area contributed by atoms with Crippen molar-refractivity contribution in [2.75, 3.05) is 13.2 Å². The second-order valence-corrected chi connectivity index (χ2v) is 4.44. The van der Waals surface area contributed by atoms with Gasteiger partial charge in [0, 0.05) is 6.54 Å². The standard InChI is InChI=1S/C13H17NO4/c15-10-13(17)7-4-8-14(13)12(16)18-9-11-5-2-1-3-6-11/h1-3,5-6,15,17H,4,7-10H2/t13-/m0/s1. The van der Waals surface area contributed by atoms with Crippen LogP contribution in [0.25, 0.3) is 0 Å². The molecule has 1 aromatic rings. The molecule has 5 nitrogen and oxygen atoms in total. The van der Waals surface area contributed by atoms with Crippen molar-refractivity contribution in [1.82, 2.24) is 4.90 Å². The Hall–Kier alpha value is -1.59. The van der Waals surface area contributed by atoms with Crippen LogP contribution in [0, 0.1) is 0 Å². The fraction of sp³-hybridized carbons (Fsp3) is 0.462. The maximum absolute atomic E-state index is 11.8. The number of benzene rings is 1. The number of hydrogen-bond acceptors (Lipinski definition) is 4. The van der Waals surface area contributed by atoms with Crippen molar-refractivity contribution in [2.24, 2.45) is 0 Å². The molecule has 0 spiro atoms. The van der Waals surface area contributed by atoms with Crippen LogP contribution in [0.15, 0.2) is 30.3 Å². The van der Waals surface area contributed by atoms with Crippen LogP contribution in [0.3, 0.4) is 0 Å². The predicted molar refractivity (Wildman–Crippen MR) is 64.6 cm³/mol. The van der Waals surface area contributed by atoms with Crippen LogP contribution in [0.2, 0.25) is 0 Å². The molecule has 0 saturated carbocycles. The minimum atomic E-state index is -1.46. The van der Waals surface area contributed by atoms with Gasteiger partial charge in [-0.2, -0.15) is 0 Å². The molecule has 0 unspecified atom stereocenters. The molecule has 1 fully saturated rings. The first kappa shape index (κ1) is 12.9. The normalized spacial score (nSPS) is 23.1. The molecule has 0 aliphatic carbocycles. The number of likely N-dealkylation sites (tertiary alicyclic amines) is 1. The highest BCUT2D eigenvalue weighted by atomic mass is 16.6. The Bertz CT molecular complexity index is 409. The predicted octanol–water partition coefficient (Wildman–Crippen LogP) is 1.10. The third-order valence-electron chi connectivity index (χ3n) is 3.14. The van der Waals surface area contributed by atoms with Gasteiger partial charge in [0.1, 0.15) is 6.61 Å². The lowest BCUT2D eigenvalue weighted by Gasteiger charge is -2.30. The Morgan fingerprint density at radius 2 is 2.11 bits per heavy atom. The van der Waals surface area contributed by atoms with Gasteiger partial charge in [-0.25, -0.2) is 4.79 Å². The van der Waals surface area contributed by atoms with Crippen LogP contribution in [0.5, 0.6) is 0 Å². The third-order valence-corrected chi connectivity index (χ3v) is 3.14. The van der Waals surface area contributed by atoms with Gasteiger partial charge in [-0.1, -0.05) is 30.3 Å². The molecule has 0 bridgehead atoms. The van der Waals surface area contributed by atoms with E-state index in [1.807, 2.05) is 30.3 Å². The monoisotopic (exact) mass is 251 g/mol. The number of ether oxygens (including phenoxy) is 1. The molecule has 18 heavy (non-hydrogen) atoms. The molecule has 1 atom stereocenters. The smallest absolute Gasteiger partial charge is 0.412 e. The lowest BCUT2D eigenvalue weighted by molar-refractivity contribution is -0.104. The van der Waals surface area contributed by atoms with E-state index in [9.17, 15) is 9.90 Å². The van der Waals surface area contributed by atoms with E-state index in [2.05, 4.69) is 0 Å². The highest BCUT2D eigenvalue weighted by Gasteiger charge is 2.42. The number of carbonyl (C=O) groups excluding carboxylic acids is 1. The second kappa shape index (κ2) is 5.37. The first-order chi connectivity index (χ1) is 8.65. The molecule has 1 aliphatic heterocycles. The zero-order valence-corrected chi connectivity index (χ0v) is 10.1. The molecule has 5 heteroatoms. The largest absolute Gasteiger partial charge is 0.444 e. The number of amides is 1. The molecular weight excluding hydrogens is 234 g/mol. The van der Waals surface area contributed by atoms with Crippen LogP contribution in [-0.4, -0.2) is 40.1 Å². The van der Waals surface area contributed by atoms with Crippen molar-refractivity contribution in [3.63, 3.8) is 0 Å². The number of nitrogens with zero attached hydrogens (tertiary/aromatic N) is 1. The Morgan fingerprint density at radius 1 is 1.39 bits per heavy atom. The summed E-state index contributed by atoms with van der Waals surface area (Å²) in [5.41, 5.74) is -0.578. The van der Waals surface area contributed by atoms with Gasteiger partial charge in [0.2, 0.25) is 0 Å². The summed E-state index contributed by atoms with van der Waals surface area (Å²) in [5.74, 6) is 0. The molecule has 2 rings (SSSR count). The van der Waals surface area contributed by atoms with Gasteiger partial charge in [0.05, 0.1) is 6.61 Å². The van der Waals surface area contributed by atoms with Crippen LogP contribution >= 0.6 is 0 Å². The van der Waals surface area contributed by atoms with Crippen LogP contribution < -0.4 is 0 Å². The van der Waals surface area contributed by atoms with Gasteiger partial charge in [0.15, 0.2) is 5.72 Å². The number of aliphatic hydroxyl groups excluding tert-OH is 1. The van der Waals surface area contributed by atoms with Crippen molar-refractivity contribution in [3.05, 3.63) is 35.9 Å². The first-order valence-electron chi connectivity index (χ1n) is 5.97. The van der Waals surface area contributed by atoms with Crippen molar-refractivity contribution in [1.29, 1.82) is 0 Å². The van der Waals surface area contributed by atoms with Crippen molar-refractivity contribution >= 4 is 6.09 Å². The molecule has 1 aliphatic rings. The topological polar surface area (TPSA) is 70.0 Å². The van der Waals surface area contributed by atoms with E-state index in [1.54, 1.807) is 0 Å². The molecule has 0 aromatic heterocycles.